The van der Waals surface area contributed by atoms with Crippen molar-refractivity contribution < 1.29 is 55.8 Å². The lowest BCUT2D eigenvalue weighted by Gasteiger charge is -2.42. The second-order valence-electron chi connectivity index (χ2n) is 10.2. The summed E-state index contributed by atoms with van der Waals surface area (Å²) in [5.74, 6) is -0.683. The maximum Gasteiger partial charge on any atom is 0.373 e. The number of carbonyl (C=O) groups excluding carboxylic acids is 4. The molecule has 0 aromatic carbocycles. The predicted octanol–water partition coefficient (Wildman–Crippen LogP) is 2.20. The molecule has 0 radical (unpaired) electrons. The SMILES string of the molecule is CCC1(CO)CCC2(CC1)OCCO2.CCC1(COS(C)(=O)=O)CCC2(CC1)OCCO2.O=C=O.O=C=O. The van der Waals surface area contributed by atoms with Crippen molar-refractivity contribution in [3.05, 3.63) is 0 Å². The summed E-state index contributed by atoms with van der Waals surface area (Å²) in [6.07, 6.45) is 10.9. The van der Waals surface area contributed by atoms with E-state index in [9.17, 15) is 13.5 Å². The van der Waals surface area contributed by atoms with E-state index in [-0.39, 0.29) is 35.5 Å². The van der Waals surface area contributed by atoms with E-state index in [0.29, 0.717) is 19.8 Å². The van der Waals surface area contributed by atoms with Gasteiger partial charge in [-0.2, -0.15) is 27.6 Å². The van der Waals surface area contributed by atoms with Gasteiger partial charge in [-0.25, -0.2) is 0 Å². The Balaban J connectivity index is 0.000000321. The molecule has 0 bridgehead atoms. The first-order valence-electron chi connectivity index (χ1n) is 13.0. The van der Waals surface area contributed by atoms with Crippen LogP contribution in [-0.4, -0.2) is 83.3 Å². The Kier molecular flexibility index (Phi) is 14.4. The Hall–Kier alpha value is -1.53. The summed E-state index contributed by atoms with van der Waals surface area (Å²) in [6.45, 7) is 7.62. The number of hydrogen-bond acceptors (Lipinski definition) is 12. The van der Waals surface area contributed by atoms with Gasteiger partial charge < -0.3 is 24.1 Å². The van der Waals surface area contributed by atoms with Crippen LogP contribution in [0.15, 0.2) is 0 Å². The van der Waals surface area contributed by atoms with Crippen molar-refractivity contribution >= 4 is 22.4 Å². The quantitative estimate of drug-likeness (QED) is 0.466. The fourth-order valence-corrected chi connectivity index (χ4v) is 5.81. The highest BCUT2D eigenvalue weighted by atomic mass is 32.2. The molecule has 38 heavy (non-hydrogen) atoms. The van der Waals surface area contributed by atoms with Crippen LogP contribution < -0.4 is 0 Å². The fraction of sp³-hybridized carbons (Fsp3) is 0.920. The normalized spacial score (nSPS) is 26.4. The molecule has 4 fully saturated rings. The van der Waals surface area contributed by atoms with Gasteiger partial charge in [0.1, 0.15) is 0 Å². The maximum absolute atomic E-state index is 11.1. The minimum Gasteiger partial charge on any atom is -0.396 e. The van der Waals surface area contributed by atoms with Gasteiger partial charge >= 0.3 is 12.3 Å². The molecule has 0 amide bonds. The van der Waals surface area contributed by atoms with Gasteiger partial charge in [0.2, 0.25) is 0 Å². The van der Waals surface area contributed by atoms with Gasteiger partial charge in [-0.1, -0.05) is 13.8 Å². The van der Waals surface area contributed by atoms with Crippen LogP contribution in [0.25, 0.3) is 0 Å². The zero-order valence-corrected chi connectivity index (χ0v) is 23.5. The molecule has 2 aliphatic heterocycles. The van der Waals surface area contributed by atoms with Crippen molar-refractivity contribution in [1.29, 1.82) is 0 Å². The number of aliphatic hydroxyl groups is 1. The Labute approximate surface area is 224 Å². The van der Waals surface area contributed by atoms with Crippen LogP contribution in [0, 0.1) is 10.8 Å². The zero-order chi connectivity index (χ0) is 28.8. The van der Waals surface area contributed by atoms with Gasteiger partial charge in [-0.15, -0.1) is 0 Å². The van der Waals surface area contributed by atoms with Gasteiger partial charge in [0.05, 0.1) is 39.3 Å². The average Bonchev–Trinajstić information content (AvgIpc) is 3.56. The number of aliphatic hydroxyl groups excluding tert-OH is 1. The number of ether oxygens (including phenoxy) is 4. The summed E-state index contributed by atoms with van der Waals surface area (Å²) in [6, 6.07) is 0. The van der Waals surface area contributed by atoms with Crippen LogP contribution in [-0.2, 0) is 52.4 Å². The van der Waals surface area contributed by atoms with E-state index in [1.165, 1.54) is 0 Å². The van der Waals surface area contributed by atoms with E-state index in [0.717, 1.165) is 83.7 Å². The van der Waals surface area contributed by atoms with Crippen molar-refractivity contribution in [1.82, 2.24) is 0 Å². The monoisotopic (exact) mass is 566 g/mol. The molecular formula is C25H42O12S. The molecule has 0 aromatic rings. The minimum absolute atomic E-state index is 0.0519. The van der Waals surface area contributed by atoms with E-state index in [1.54, 1.807) is 0 Å². The summed E-state index contributed by atoms with van der Waals surface area (Å²) >= 11 is 0. The zero-order valence-electron chi connectivity index (χ0n) is 22.7. The van der Waals surface area contributed by atoms with E-state index < -0.39 is 15.9 Å². The fourth-order valence-electron chi connectivity index (χ4n) is 5.35. The lowest BCUT2D eigenvalue weighted by atomic mass is 9.71. The van der Waals surface area contributed by atoms with Crippen LogP contribution in [0.4, 0.5) is 0 Å². The van der Waals surface area contributed by atoms with E-state index in [2.05, 4.69) is 13.8 Å². The maximum atomic E-state index is 11.1. The Morgan fingerprint density at radius 3 is 1.26 bits per heavy atom. The van der Waals surface area contributed by atoms with Gasteiger partial charge in [0.25, 0.3) is 10.1 Å². The summed E-state index contributed by atoms with van der Waals surface area (Å²) in [5.41, 5.74) is 0.0875. The summed E-state index contributed by atoms with van der Waals surface area (Å²) in [4.78, 5) is 32.5. The number of hydrogen-bond donors (Lipinski definition) is 1. The van der Waals surface area contributed by atoms with Crippen LogP contribution in [0.1, 0.15) is 78.1 Å². The molecule has 1 N–H and O–H groups in total. The van der Waals surface area contributed by atoms with Gasteiger partial charge in [0.15, 0.2) is 11.6 Å². The lowest BCUT2D eigenvalue weighted by molar-refractivity contribution is -0.195. The first kappa shape index (κ1) is 34.5. The Bertz CT molecular complexity index is 819. The highest BCUT2D eigenvalue weighted by molar-refractivity contribution is 7.85. The smallest absolute Gasteiger partial charge is 0.373 e. The molecule has 2 saturated carbocycles. The average molecular weight is 567 g/mol. The topological polar surface area (TPSA) is 169 Å². The second kappa shape index (κ2) is 15.9. The third-order valence-electron chi connectivity index (χ3n) is 8.19. The van der Waals surface area contributed by atoms with Gasteiger partial charge in [-0.3, -0.25) is 4.18 Å². The highest BCUT2D eigenvalue weighted by Gasteiger charge is 2.46. The van der Waals surface area contributed by atoms with Crippen molar-refractivity contribution in [3.8, 4) is 0 Å². The van der Waals surface area contributed by atoms with E-state index in [1.807, 2.05) is 0 Å². The van der Waals surface area contributed by atoms with Crippen molar-refractivity contribution in [2.45, 2.75) is 89.6 Å². The molecule has 220 valence electrons. The molecule has 2 spiro atoms. The van der Waals surface area contributed by atoms with Crippen molar-refractivity contribution in [2.75, 3.05) is 45.9 Å². The first-order chi connectivity index (χ1) is 18.0. The second-order valence-corrected chi connectivity index (χ2v) is 11.9. The lowest BCUT2D eigenvalue weighted by Crippen LogP contribution is -2.42. The molecule has 4 aliphatic rings. The third-order valence-corrected chi connectivity index (χ3v) is 8.73. The van der Waals surface area contributed by atoms with Gasteiger partial charge in [-0.05, 0) is 49.4 Å². The van der Waals surface area contributed by atoms with Crippen LogP contribution in [0.2, 0.25) is 0 Å². The molecule has 12 nitrogen and oxygen atoms in total. The highest BCUT2D eigenvalue weighted by Crippen LogP contribution is 2.47. The van der Waals surface area contributed by atoms with Crippen LogP contribution >= 0.6 is 0 Å². The Morgan fingerprint density at radius 2 is 1.00 bits per heavy atom. The first-order valence-corrected chi connectivity index (χ1v) is 14.8. The summed E-state index contributed by atoms with van der Waals surface area (Å²) < 4.78 is 49.9. The van der Waals surface area contributed by atoms with Crippen LogP contribution in [0.5, 0.6) is 0 Å². The third kappa shape index (κ3) is 10.6. The molecule has 4 rings (SSSR count). The largest absolute Gasteiger partial charge is 0.396 e. The molecule has 2 aliphatic carbocycles. The molecule has 2 saturated heterocycles. The molecule has 0 atom stereocenters. The summed E-state index contributed by atoms with van der Waals surface area (Å²) in [5, 5.41) is 9.39. The molecule has 2 heterocycles. The van der Waals surface area contributed by atoms with Crippen molar-refractivity contribution in [2.24, 2.45) is 10.8 Å². The molecule has 13 heteroatoms. The van der Waals surface area contributed by atoms with Gasteiger partial charge in [0, 0.05) is 32.3 Å². The van der Waals surface area contributed by atoms with E-state index >= 15 is 0 Å². The Morgan fingerprint density at radius 1 is 0.684 bits per heavy atom. The van der Waals surface area contributed by atoms with Crippen molar-refractivity contribution in [3.63, 3.8) is 0 Å². The van der Waals surface area contributed by atoms with E-state index in [4.69, 9.17) is 42.3 Å². The summed E-state index contributed by atoms with van der Waals surface area (Å²) in [7, 11) is -3.36. The number of rotatable bonds is 6. The van der Waals surface area contributed by atoms with Crippen LogP contribution in [0.3, 0.4) is 0 Å². The molecule has 0 unspecified atom stereocenters. The standard InChI is InChI=1S/C12H22O5S.C11H20O3.2CO2/c1-3-11(10-17-18(2,13)14)4-6-12(7-5-11)15-8-9-16-12;1-2-10(9-12)3-5-11(6-4-10)13-7-8-14-11;2*2-1-3/h3-10H2,1-2H3;12H,2-9H2,1H3;;. The molecule has 0 aromatic heterocycles. The minimum atomic E-state index is -3.36. The molecular weight excluding hydrogens is 524 g/mol. The predicted molar refractivity (Wildman–Crippen MR) is 130 cm³/mol.